The van der Waals surface area contributed by atoms with Crippen LogP contribution in [0.3, 0.4) is 0 Å². The fourth-order valence-electron chi connectivity index (χ4n) is 4.02. The van der Waals surface area contributed by atoms with Crippen LogP contribution < -0.4 is 4.74 Å². The molecule has 0 aromatic heterocycles. The van der Waals surface area contributed by atoms with Crippen molar-refractivity contribution in [2.75, 3.05) is 7.11 Å². The molecule has 0 saturated carbocycles. The molecule has 0 radical (unpaired) electrons. The molecule has 182 valence electrons. The number of aliphatic hydroxyl groups excluding tert-OH is 1. The Morgan fingerprint density at radius 3 is 2.06 bits per heavy atom. The number of carbonyl (C=O) groups excluding carboxylic acids is 2. The molecular formula is C26H20N2O8. The molecule has 1 aliphatic rings. The van der Waals surface area contributed by atoms with Crippen molar-refractivity contribution in [2.45, 2.75) is 12.6 Å². The number of ketones is 1. The second-order valence-electron chi connectivity index (χ2n) is 8.01. The molecular weight excluding hydrogens is 468 g/mol. The maximum Gasteiger partial charge on any atom is 0.335 e. The predicted molar refractivity (Wildman–Crippen MR) is 127 cm³/mol. The molecule has 1 amide bonds. The van der Waals surface area contributed by atoms with Gasteiger partial charge in [0.2, 0.25) is 0 Å². The van der Waals surface area contributed by atoms with Crippen molar-refractivity contribution in [1.29, 1.82) is 0 Å². The number of hydrogen-bond acceptors (Lipinski definition) is 7. The van der Waals surface area contributed by atoms with E-state index in [1.165, 1.54) is 48.4 Å². The lowest BCUT2D eigenvalue weighted by atomic mass is 9.95. The number of non-ortho nitro benzene ring substituents is 1. The molecule has 10 nitrogen and oxygen atoms in total. The first kappa shape index (κ1) is 24.1. The maximum atomic E-state index is 13.1. The molecule has 0 bridgehead atoms. The summed E-state index contributed by atoms with van der Waals surface area (Å²) in [6.07, 6.45) is 0. The van der Waals surface area contributed by atoms with Crippen LogP contribution in [0.2, 0.25) is 0 Å². The van der Waals surface area contributed by atoms with Gasteiger partial charge in [0, 0.05) is 24.2 Å². The van der Waals surface area contributed by atoms with Gasteiger partial charge in [-0.05, 0) is 47.5 Å². The van der Waals surface area contributed by atoms with E-state index in [-0.39, 0.29) is 28.9 Å². The van der Waals surface area contributed by atoms with E-state index >= 15 is 0 Å². The number of rotatable bonds is 7. The van der Waals surface area contributed by atoms with E-state index < -0.39 is 34.4 Å². The number of benzene rings is 3. The molecule has 1 atom stereocenters. The highest BCUT2D eigenvalue weighted by atomic mass is 16.6. The molecule has 1 saturated heterocycles. The molecule has 3 aromatic rings. The lowest BCUT2D eigenvalue weighted by molar-refractivity contribution is -0.384. The first-order valence-corrected chi connectivity index (χ1v) is 10.7. The molecule has 1 unspecified atom stereocenters. The Morgan fingerprint density at radius 1 is 0.944 bits per heavy atom. The number of carboxylic acid groups (broad SMARTS) is 1. The molecule has 1 fully saturated rings. The molecule has 0 spiro atoms. The number of nitrogens with zero attached hydrogens (tertiary/aromatic N) is 2. The third-order valence-electron chi connectivity index (χ3n) is 5.88. The van der Waals surface area contributed by atoms with Gasteiger partial charge in [0.1, 0.15) is 11.5 Å². The largest absolute Gasteiger partial charge is 0.507 e. The number of aromatic carboxylic acids is 1. The third kappa shape index (κ3) is 4.51. The van der Waals surface area contributed by atoms with Crippen molar-refractivity contribution in [3.63, 3.8) is 0 Å². The number of aliphatic hydroxyl groups is 1. The normalized spacial score (nSPS) is 16.7. The van der Waals surface area contributed by atoms with Crippen LogP contribution in [-0.4, -0.2) is 44.8 Å². The summed E-state index contributed by atoms with van der Waals surface area (Å²) < 4.78 is 5.19. The predicted octanol–water partition coefficient (Wildman–Crippen LogP) is 3.92. The lowest BCUT2D eigenvalue weighted by Crippen LogP contribution is -2.29. The smallest absolute Gasteiger partial charge is 0.335 e. The van der Waals surface area contributed by atoms with Gasteiger partial charge in [0.15, 0.2) is 0 Å². The summed E-state index contributed by atoms with van der Waals surface area (Å²) >= 11 is 0. The number of nitro groups is 1. The Kier molecular flexibility index (Phi) is 6.51. The number of amides is 1. The van der Waals surface area contributed by atoms with E-state index in [9.17, 15) is 29.6 Å². The average molecular weight is 488 g/mol. The number of carbonyl (C=O) groups is 3. The van der Waals surface area contributed by atoms with Crippen LogP contribution in [0.1, 0.15) is 33.1 Å². The summed E-state index contributed by atoms with van der Waals surface area (Å²) in [6.45, 7) is -0.0296. The quantitative estimate of drug-likeness (QED) is 0.167. The van der Waals surface area contributed by atoms with Crippen molar-refractivity contribution < 1.29 is 34.3 Å². The van der Waals surface area contributed by atoms with Gasteiger partial charge >= 0.3 is 5.97 Å². The van der Waals surface area contributed by atoms with Gasteiger partial charge in [-0.15, -0.1) is 0 Å². The minimum atomic E-state index is -1.09. The number of likely N-dealkylation sites (tertiary alicyclic amines) is 1. The maximum absolute atomic E-state index is 13.1. The van der Waals surface area contributed by atoms with Crippen LogP contribution in [0.15, 0.2) is 78.4 Å². The summed E-state index contributed by atoms with van der Waals surface area (Å²) in [5, 5.41) is 31.2. The van der Waals surface area contributed by atoms with Gasteiger partial charge in [-0.1, -0.05) is 24.3 Å². The molecule has 10 heteroatoms. The van der Waals surface area contributed by atoms with Gasteiger partial charge in [0.25, 0.3) is 17.4 Å². The number of methoxy groups -OCH3 is 1. The lowest BCUT2D eigenvalue weighted by Gasteiger charge is -2.25. The SMILES string of the molecule is COc1ccc(C2/C(=C(/O)c3ccc([N+](=O)[O-])cc3)C(=O)C(=O)N2Cc2ccc(C(=O)O)cc2)cc1. The van der Waals surface area contributed by atoms with Crippen LogP contribution in [0, 0.1) is 10.1 Å². The zero-order valence-corrected chi connectivity index (χ0v) is 19.0. The van der Waals surface area contributed by atoms with Gasteiger partial charge in [0.05, 0.1) is 29.2 Å². The Hall–Kier alpha value is -4.99. The number of nitro benzene ring substituents is 1. The molecule has 0 aliphatic carbocycles. The fourth-order valence-corrected chi connectivity index (χ4v) is 4.02. The van der Waals surface area contributed by atoms with Crippen molar-refractivity contribution in [2.24, 2.45) is 0 Å². The van der Waals surface area contributed by atoms with Crippen LogP contribution >= 0.6 is 0 Å². The van der Waals surface area contributed by atoms with Gasteiger partial charge < -0.3 is 19.8 Å². The summed E-state index contributed by atoms with van der Waals surface area (Å²) in [6, 6.07) is 16.5. The number of hydrogen-bond donors (Lipinski definition) is 2. The zero-order chi connectivity index (χ0) is 26.0. The highest BCUT2D eigenvalue weighted by molar-refractivity contribution is 6.46. The van der Waals surface area contributed by atoms with Gasteiger partial charge in [-0.3, -0.25) is 19.7 Å². The molecule has 36 heavy (non-hydrogen) atoms. The first-order valence-electron chi connectivity index (χ1n) is 10.7. The van der Waals surface area contributed by atoms with E-state index in [4.69, 9.17) is 9.84 Å². The van der Waals surface area contributed by atoms with E-state index in [1.807, 2.05) is 0 Å². The Labute approximate surface area is 204 Å². The van der Waals surface area contributed by atoms with Gasteiger partial charge in [-0.25, -0.2) is 4.79 Å². The van der Waals surface area contributed by atoms with E-state index in [0.29, 0.717) is 16.9 Å². The van der Waals surface area contributed by atoms with Crippen LogP contribution in [0.4, 0.5) is 5.69 Å². The second kappa shape index (κ2) is 9.71. The van der Waals surface area contributed by atoms with E-state index in [1.54, 1.807) is 36.4 Å². The van der Waals surface area contributed by atoms with E-state index in [0.717, 1.165) is 0 Å². The third-order valence-corrected chi connectivity index (χ3v) is 5.88. The van der Waals surface area contributed by atoms with Crippen LogP contribution in [0.25, 0.3) is 5.76 Å². The molecule has 2 N–H and O–H groups in total. The zero-order valence-electron chi connectivity index (χ0n) is 19.0. The topological polar surface area (TPSA) is 147 Å². The van der Waals surface area contributed by atoms with Crippen molar-refractivity contribution in [3.05, 3.63) is 111 Å². The molecule has 1 aliphatic heterocycles. The Morgan fingerprint density at radius 2 is 1.53 bits per heavy atom. The average Bonchev–Trinajstić information content (AvgIpc) is 3.13. The Balaban J connectivity index is 1.80. The number of ether oxygens (including phenoxy) is 1. The number of carboxylic acids is 1. The van der Waals surface area contributed by atoms with Crippen molar-refractivity contribution >= 4 is 29.1 Å². The molecule has 3 aromatic carbocycles. The summed E-state index contributed by atoms with van der Waals surface area (Å²) in [7, 11) is 1.50. The Bertz CT molecular complexity index is 1380. The van der Waals surface area contributed by atoms with Gasteiger partial charge in [-0.2, -0.15) is 0 Å². The minimum Gasteiger partial charge on any atom is -0.507 e. The van der Waals surface area contributed by atoms with Crippen molar-refractivity contribution in [3.8, 4) is 5.75 Å². The summed E-state index contributed by atoms with van der Waals surface area (Å²) in [5.74, 6) is -2.76. The molecule has 4 rings (SSSR count). The monoisotopic (exact) mass is 488 g/mol. The van der Waals surface area contributed by atoms with Crippen molar-refractivity contribution in [1.82, 2.24) is 4.90 Å². The van der Waals surface area contributed by atoms with Crippen LogP contribution in [-0.2, 0) is 16.1 Å². The highest BCUT2D eigenvalue weighted by Crippen LogP contribution is 2.40. The summed E-state index contributed by atoms with van der Waals surface area (Å²) in [5.41, 5.74) is 0.967. The fraction of sp³-hybridized carbons (Fsp3) is 0.115. The first-order chi connectivity index (χ1) is 17.2. The minimum absolute atomic E-state index is 0.0296. The number of Topliss-reactive ketones (excluding diaryl/α,β-unsaturated/α-hetero) is 1. The van der Waals surface area contributed by atoms with Crippen LogP contribution in [0.5, 0.6) is 5.75 Å². The standard InChI is InChI=1S/C26H20N2O8/c1-36-20-12-8-16(9-13-20)22-21(23(29)17-6-10-19(11-7-17)28(34)35)24(30)25(31)27(22)14-15-2-4-18(5-3-15)26(32)33/h2-13,22,29H,14H2,1H3,(H,32,33)/b23-21-. The second-order valence-corrected chi connectivity index (χ2v) is 8.01. The summed E-state index contributed by atoms with van der Waals surface area (Å²) in [4.78, 5) is 49.1. The molecule has 1 heterocycles. The highest BCUT2D eigenvalue weighted by Gasteiger charge is 2.46. The van der Waals surface area contributed by atoms with E-state index in [2.05, 4.69) is 0 Å².